The Morgan fingerprint density at radius 3 is 2.26 bits per heavy atom. The summed E-state index contributed by atoms with van der Waals surface area (Å²) in [7, 11) is -0.986. The molecule has 0 radical (unpaired) electrons. The predicted molar refractivity (Wildman–Crippen MR) is 160 cm³/mol. The Hall–Kier alpha value is -4.94. The monoisotopic (exact) mass is 622 g/mol. The Kier molecular flexibility index (Phi) is 9.02. The summed E-state index contributed by atoms with van der Waals surface area (Å²) in [6.07, 6.45) is 1.38. The van der Waals surface area contributed by atoms with E-state index in [1.807, 2.05) is 0 Å². The molecule has 222 valence electrons. The van der Waals surface area contributed by atoms with Gasteiger partial charge in [0, 0.05) is 42.1 Å². The lowest BCUT2D eigenvalue weighted by Crippen LogP contribution is -2.37. The number of nitrogens with zero attached hydrogens (tertiary/aromatic N) is 3. The first-order chi connectivity index (χ1) is 20.3. The van der Waals surface area contributed by atoms with Gasteiger partial charge in [-0.25, -0.2) is 13.4 Å². The van der Waals surface area contributed by atoms with E-state index in [1.165, 1.54) is 25.4 Å². The van der Waals surface area contributed by atoms with Gasteiger partial charge in [0.15, 0.2) is 11.5 Å². The van der Waals surface area contributed by atoms with Crippen molar-refractivity contribution in [2.45, 2.75) is 18.2 Å². The molecular formula is C30H27ClN4O7S. The molecule has 3 heterocycles. The standard InChI is InChI=1S/C15H14ClNO3.C15H13N3O4S/c1-9-7-12(8-13(18)19)17(2)14(9)15(20)10-3-5-11(16)6-4-10;1-18-13(15(20)17-12-8-4-5-9-16-12)14(19)10-6-2-3-7-11(10)23(18,21)22/h3-7H,8H2,1-2H3,(H,18,19);2-9,19H,1H3,(H,16,17,20). The molecule has 0 atom stereocenters. The summed E-state index contributed by atoms with van der Waals surface area (Å²) in [6, 6.07) is 19.2. The van der Waals surface area contributed by atoms with Crippen molar-refractivity contribution in [3.63, 3.8) is 0 Å². The summed E-state index contributed by atoms with van der Waals surface area (Å²) in [6.45, 7) is 1.80. The van der Waals surface area contributed by atoms with Gasteiger partial charge in [-0.3, -0.25) is 18.7 Å². The maximum atomic E-state index is 12.5. The number of carboxylic acids is 1. The average Bonchev–Trinajstić information content (AvgIpc) is 3.24. The number of aliphatic hydroxyl groups excluding tert-OH is 1. The number of aromatic nitrogens is 2. The molecule has 11 nitrogen and oxygen atoms in total. The van der Waals surface area contributed by atoms with Crippen molar-refractivity contribution in [2.24, 2.45) is 7.05 Å². The number of carboxylic acid groups (broad SMARTS) is 1. The maximum absolute atomic E-state index is 12.5. The number of anilines is 1. The SMILES string of the molecule is CN1C(C(=O)Nc2ccccn2)=C(O)c2ccccc2S1(=O)=O.Cc1cc(CC(=O)O)n(C)c1C(=O)c1ccc(Cl)cc1. The number of amides is 1. The molecular weight excluding hydrogens is 596 g/mol. The van der Waals surface area contributed by atoms with Gasteiger partial charge in [0.1, 0.15) is 5.82 Å². The first kappa shape index (κ1) is 31.0. The van der Waals surface area contributed by atoms with Gasteiger partial charge < -0.3 is 20.1 Å². The van der Waals surface area contributed by atoms with Crippen molar-refractivity contribution < 1.29 is 33.0 Å². The molecule has 1 aliphatic rings. The van der Waals surface area contributed by atoms with E-state index in [4.69, 9.17) is 16.7 Å². The van der Waals surface area contributed by atoms with Gasteiger partial charge in [0.2, 0.25) is 5.78 Å². The highest BCUT2D eigenvalue weighted by atomic mass is 35.5. The largest absolute Gasteiger partial charge is 0.505 e. The van der Waals surface area contributed by atoms with Crippen LogP contribution in [0.4, 0.5) is 5.82 Å². The zero-order valence-corrected chi connectivity index (χ0v) is 24.8. The van der Waals surface area contributed by atoms with E-state index >= 15 is 0 Å². The molecule has 1 aliphatic heterocycles. The molecule has 0 saturated carbocycles. The summed E-state index contributed by atoms with van der Waals surface area (Å²) in [5.41, 5.74) is 2.14. The van der Waals surface area contributed by atoms with Crippen molar-refractivity contribution in [3.05, 3.63) is 118 Å². The Labute approximate surface area is 252 Å². The highest BCUT2D eigenvalue weighted by Gasteiger charge is 2.37. The number of rotatable bonds is 6. The Bertz CT molecular complexity index is 1850. The number of fused-ring (bicyclic) bond motifs is 1. The van der Waals surface area contributed by atoms with Crippen LogP contribution in [0.3, 0.4) is 0 Å². The Morgan fingerprint density at radius 2 is 1.63 bits per heavy atom. The minimum Gasteiger partial charge on any atom is -0.505 e. The van der Waals surface area contributed by atoms with Crippen LogP contribution < -0.4 is 5.32 Å². The van der Waals surface area contributed by atoms with E-state index in [-0.39, 0.29) is 34.2 Å². The molecule has 0 unspecified atom stereocenters. The number of hydrogen-bond donors (Lipinski definition) is 3. The first-order valence-corrected chi connectivity index (χ1v) is 14.6. The molecule has 0 fully saturated rings. The van der Waals surface area contributed by atoms with Crippen molar-refractivity contribution in [1.29, 1.82) is 0 Å². The number of pyridine rings is 1. The van der Waals surface area contributed by atoms with Crippen LogP contribution in [-0.2, 0) is 33.1 Å². The van der Waals surface area contributed by atoms with E-state index in [2.05, 4.69) is 10.3 Å². The molecule has 0 bridgehead atoms. The fourth-order valence-electron chi connectivity index (χ4n) is 4.51. The quantitative estimate of drug-likeness (QED) is 0.266. The minimum atomic E-state index is -3.91. The van der Waals surface area contributed by atoms with Crippen LogP contribution in [0.15, 0.2) is 89.6 Å². The third-order valence-corrected chi connectivity index (χ3v) is 8.69. The number of aliphatic carboxylic acids is 1. The van der Waals surface area contributed by atoms with Crippen molar-refractivity contribution in [3.8, 4) is 0 Å². The number of sulfonamides is 1. The summed E-state index contributed by atoms with van der Waals surface area (Å²) in [4.78, 5) is 39.6. The van der Waals surface area contributed by atoms with Gasteiger partial charge in [-0.05, 0) is 67.1 Å². The van der Waals surface area contributed by atoms with E-state index < -0.39 is 27.7 Å². The van der Waals surface area contributed by atoms with Gasteiger partial charge in [-0.15, -0.1) is 0 Å². The van der Waals surface area contributed by atoms with E-state index in [9.17, 15) is 27.9 Å². The molecule has 13 heteroatoms. The van der Waals surface area contributed by atoms with Crippen LogP contribution in [0, 0.1) is 6.92 Å². The lowest BCUT2D eigenvalue weighted by Gasteiger charge is -2.28. The molecule has 1 amide bonds. The lowest BCUT2D eigenvalue weighted by atomic mass is 10.1. The third-order valence-electron chi connectivity index (χ3n) is 6.62. The molecule has 2 aromatic carbocycles. The Balaban J connectivity index is 0.000000199. The fourth-order valence-corrected chi connectivity index (χ4v) is 6.04. The van der Waals surface area contributed by atoms with Crippen molar-refractivity contribution >= 4 is 50.9 Å². The summed E-state index contributed by atoms with van der Waals surface area (Å²) < 4.78 is 27.4. The minimum absolute atomic E-state index is 0.0469. The Morgan fingerprint density at radius 1 is 0.977 bits per heavy atom. The zero-order valence-electron chi connectivity index (χ0n) is 23.3. The fraction of sp³-hybridized carbons (Fsp3) is 0.133. The molecule has 0 aliphatic carbocycles. The van der Waals surface area contributed by atoms with Crippen molar-refractivity contribution in [2.75, 3.05) is 12.4 Å². The number of hydrogen-bond acceptors (Lipinski definition) is 7. The van der Waals surface area contributed by atoms with Crippen LogP contribution in [0.5, 0.6) is 0 Å². The van der Waals surface area contributed by atoms with Gasteiger partial charge in [-0.1, -0.05) is 29.8 Å². The van der Waals surface area contributed by atoms with Gasteiger partial charge >= 0.3 is 5.97 Å². The molecule has 4 aromatic rings. The highest BCUT2D eigenvalue weighted by molar-refractivity contribution is 7.89. The number of aryl methyl sites for hydroxylation is 1. The second-order valence-electron chi connectivity index (χ2n) is 9.47. The highest BCUT2D eigenvalue weighted by Crippen LogP contribution is 2.34. The van der Waals surface area contributed by atoms with Crippen LogP contribution in [0.25, 0.3) is 5.76 Å². The summed E-state index contributed by atoms with van der Waals surface area (Å²) >= 11 is 5.80. The van der Waals surface area contributed by atoms with Crippen LogP contribution in [-0.4, -0.2) is 57.2 Å². The topological polar surface area (TPSA) is 159 Å². The van der Waals surface area contributed by atoms with E-state index in [0.29, 0.717) is 22.0 Å². The zero-order chi connectivity index (χ0) is 31.5. The van der Waals surface area contributed by atoms with Crippen LogP contribution >= 0.6 is 11.6 Å². The summed E-state index contributed by atoms with van der Waals surface area (Å²) in [5.74, 6) is -1.97. The second kappa shape index (κ2) is 12.5. The van der Waals surface area contributed by atoms with Crippen LogP contribution in [0.1, 0.15) is 32.9 Å². The third kappa shape index (κ3) is 6.45. The summed E-state index contributed by atoms with van der Waals surface area (Å²) in [5, 5.41) is 22.3. The number of likely N-dealkylation sites (N-methyl/N-ethyl adjacent to an activating group) is 1. The number of benzene rings is 2. The molecule has 0 saturated heterocycles. The molecule has 5 rings (SSSR count). The molecule has 43 heavy (non-hydrogen) atoms. The molecule has 0 spiro atoms. The van der Waals surface area contributed by atoms with Crippen molar-refractivity contribution in [1.82, 2.24) is 13.9 Å². The smallest absolute Gasteiger partial charge is 0.309 e. The lowest BCUT2D eigenvalue weighted by molar-refractivity contribution is -0.136. The second-order valence-corrected chi connectivity index (χ2v) is 11.8. The van der Waals surface area contributed by atoms with E-state index in [0.717, 1.165) is 9.87 Å². The van der Waals surface area contributed by atoms with Gasteiger partial charge in [-0.2, -0.15) is 0 Å². The first-order valence-electron chi connectivity index (χ1n) is 12.7. The average molecular weight is 623 g/mol. The predicted octanol–water partition coefficient (Wildman–Crippen LogP) is 4.43. The number of carbonyl (C=O) groups is 3. The van der Waals surface area contributed by atoms with Gasteiger partial charge in [0.05, 0.1) is 17.0 Å². The number of aliphatic hydroxyl groups is 1. The van der Waals surface area contributed by atoms with Gasteiger partial charge in [0.25, 0.3) is 15.9 Å². The maximum Gasteiger partial charge on any atom is 0.309 e. The number of ketones is 1. The number of nitrogens with one attached hydrogen (secondary N) is 1. The molecule has 2 aromatic heterocycles. The number of carbonyl (C=O) groups excluding carboxylic acids is 2. The molecule has 3 N–H and O–H groups in total. The normalized spacial score (nSPS) is 13.4. The van der Waals surface area contributed by atoms with Crippen LogP contribution in [0.2, 0.25) is 5.02 Å². The number of halogens is 1. The van der Waals surface area contributed by atoms with E-state index in [1.54, 1.807) is 79.2 Å².